The third-order valence-corrected chi connectivity index (χ3v) is 4.32. The average molecular weight is 298 g/mol. The van der Waals surface area contributed by atoms with Crippen molar-refractivity contribution in [2.45, 2.75) is 52.0 Å². The van der Waals surface area contributed by atoms with E-state index in [1.54, 1.807) is 0 Å². The molecule has 116 valence electrons. The van der Waals surface area contributed by atoms with Crippen LogP contribution in [0.3, 0.4) is 0 Å². The van der Waals surface area contributed by atoms with Crippen LogP contribution in [0.25, 0.3) is 0 Å². The van der Waals surface area contributed by atoms with Crippen LogP contribution in [0.5, 0.6) is 0 Å². The molecule has 1 aliphatic rings. The van der Waals surface area contributed by atoms with Gasteiger partial charge in [-0.3, -0.25) is 4.79 Å². The Morgan fingerprint density at radius 1 is 1.36 bits per heavy atom. The summed E-state index contributed by atoms with van der Waals surface area (Å²) in [6.45, 7) is 5.83. The molecule has 1 N–H and O–H groups in total. The molecule has 0 radical (unpaired) electrons. The first-order valence-electron chi connectivity index (χ1n) is 7.92. The van der Waals surface area contributed by atoms with E-state index in [0.29, 0.717) is 17.0 Å². The van der Waals surface area contributed by atoms with Gasteiger partial charge in [0.1, 0.15) is 5.56 Å². The Labute approximate surface area is 130 Å². The number of carbonyl (C=O) groups excluding carboxylic acids is 1. The minimum Gasteiger partial charge on any atom is -0.360 e. The van der Waals surface area contributed by atoms with E-state index in [9.17, 15) is 4.79 Å². The predicted molar refractivity (Wildman–Crippen MR) is 84.9 cm³/mol. The van der Waals surface area contributed by atoms with Crippen LogP contribution in [0.4, 0.5) is 0 Å². The van der Waals surface area contributed by atoms with E-state index in [1.807, 2.05) is 26.8 Å². The Balaban J connectivity index is 1.86. The lowest BCUT2D eigenvalue weighted by Crippen LogP contribution is -2.31. The molecule has 2 aromatic rings. The zero-order valence-corrected chi connectivity index (χ0v) is 13.3. The first-order valence-corrected chi connectivity index (χ1v) is 7.92. The van der Waals surface area contributed by atoms with Crippen molar-refractivity contribution in [1.29, 1.82) is 0 Å². The van der Waals surface area contributed by atoms with Gasteiger partial charge in [-0.25, -0.2) is 0 Å². The number of fused-ring (bicyclic) bond motifs is 1. The van der Waals surface area contributed by atoms with Gasteiger partial charge in [0.25, 0.3) is 5.91 Å². The lowest BCUT2D eigenvalue weighted by atomic mass is 9.87. The van der Waals surface area contributed by atoms with Crippen LogP contribution < -0.4 is 5.32 Å². The first-order chi connectivity index (χ1) is 10.6. The molecular formula is C18H22N2O2. The number of aromatic nitrogens is 1. The van der Waals surface area contributed by atoms with Gasteiger partial charge in [0.05, 0.1) is 11.7 Å². The van der Waals surface area contributed by atoms with Crippen LogP contribution in [0, 0.1) is 6.92 Å². The van der Waals surface area contributed by atoms with Gasteiger partial charge < -0.3 is 9.84 Å². The smallest absolute Gasteiger partial charge is 0.257 e. The molecule has 1 aromatic carbocycles. The summed E-state index contributed by atoms with van der Waals surface area (Å²) in [7, 11) is 0. The zero-order chi connectivity index (χ0) is 15.7. The zero-order valence-electron chi connectivity index (χ0n) is 13.3. The second-order valence-electron chi connectivity index (χ2n) is 6.28. The second kappa shape index (κ2) is 5.95. The lowest BCUT2D eigenvalue weighted by molar-refractivity contribution is 0.0929. The van der Waals surface area contributed by atoms with Gasteiger partial charge in [-0.1, -0.05) is 43.3 Å². The minimum atomic E-state index is -0.0795. The van der Waals surface area contributed by atoms with Crippen molar-refractivity contribution >= 4 is 5.91 Å². The number of hydrogen-bond donors (Lipinski definition) is 1. The van der Waals surface area contributed by atoms with Gasteiger partial charge >= 0.3 is 0 Å². The van der Waals surface area contributed by atoms with E-state index < -0.39 is 0 Å². The number of nitrogens with zero attached hydrogens (tertiary/aromatic N) is 1. The maximum atomic E-state index is 12.7. The van der Waals surface area contributed by atoms with Crippen LogP contribution in [0.15, 0.2) is 28.8 Å². The van der Waals surface area contributed by atoms with E-state index in [-0.39, 0.29) is 17.9 Å². The SMILES string of the molecule is Cc1noc(C(C)C)c1C(=O)N[C@H]1CCCc2ccccc21. The largest absolute Gasteiger partial charge is 0.360 e. The summed E-state index contributed by atoms with van der Waals surface area (Å²) in [6.07, 6.45) is 3.16. The number of hydrogen-bond acceptors (Lipinski definition) is 3. The number of nitrogens with one attached hydrogen (secondary N) is 1. The second-order valence-corrected chi connectivity index (χ2v) is 6.28. The van der Waals surface area contributed by atoms with Gasteiger partial charge in [0.2, 0.25) is 0 Å². The molecule has 3 rings (SSSR count). The van der Waals surface area contributed by atoms with E-state index >= 15 is 0 Å². The topological polar surface area (TPSA) is 55.1 Å². The van der Waals surface area contributed by atoms with Crippen molar-refractivity contribution in [1.82, 2.24) is 10.5 Å². The maximum Gasteiger partial charge on any atom is 0.257 e. The Morgan fingerprint density at radius 2 is 2.14 bits per heavy atom. The highest BCUT2D eigenvalue weighted by atomic mass is 16.5. The molecule has 0 aliphatic heterocycles. The maximum absolute atomic E-state index is 12.7. The van der Waals surface area contributed by atoms with Gasteiger partial charge in [0, 0.05) is 5.92 Å². The first kappa shape index (κ1) is 14.8. The Bertz CT molecular complexity index is 688. The fourth-order valence-corrected chi connectivity index (χ4v) is 3.19. The van der Waals surface area contributed by atoms with Crippen molar-refractivity contribution < 1.29 is 9.32 Å². The van der Waals surface area contributed by atoms with Crippen LogP contribution in [-0.2, 0) is 6.42 Å². The Hall–Kier alpha value is -2.10. The highest BCUT2D eigenvalue weighted by Gasteiger charge is 2.27. The minimum absolute atomic E-state index is 0.0757. The molecule has 0 saturated heterocycles. The number of amides is 1. The van der Waals surface area contributed by atoms with Crippen molar-refractivity contribution in [2.75, 3.05) is 0 Å². The third kappa shape index (κ3) is 2.65. The molecule has 1 aliphatic carbocycles. The molecule has 0 saturated carbocycles. The molecule has 1 amide bonds. The number of benzene rings is 1. The van der Waals surface area contributed by atoms with Crippen molar-refractivity contribution in [3.05, 3.63) is 52.4 Å². The molecular weight excluding hydrogens is 276 g/mol. The molecule has 0 spiro atoms. The summed E-state index contributed by atoms with van der Waals surface area (Å²) in [5.41, 5.74) is 3.83. The van der Waals surface area contributed by atoms with E-state index in [2.05, 4.69) is 28.7 Å². The summed E-state index contributed by atoms with van der Waals surface area (Å²) in [5.74, 6) is 0.726. The number of rotatable bonds is 3. The van der Waals surface area contributed by atoms with E-state index in [1.165, 1.54) is 11.1 Å². The summed E-state index contributed by atoms with van der Waals surface area (Å²) in [5, 5.41) is 7.14. The average Bonchev–Trinajstić information content (AvgIpc) is 2.90. The fourth-order valence-electron chi connectivity index (χ4n) is 3.19. The monoisotopic (exact) mass is 298 g/mol. The molecule has 22 heavy (non-hydrogen) atoms. The molecule has 1 heterocycles. The van der Waals surface area contributed by atoms with Gasteiger partial charge in [-0.2, -0.15) is 0 Å². The highest BCUT2D eigenvalue weighted by Crippen LogP contribution is 2.30. The Kier molecular flexibility index (Phi) is 4.01. The lowest BCUT2D eigenvalue weighted by Gasteiger charge is -2.26. The van der Waals surface area contributed by atoms with Crippen molar-refractivity contribution in [2.24, 2.45) is 0 Å². The third-order valence-electron chi connectivity index (χ3n) is 4.32. The van der Waals surface area contributed by atoms with E-state index in [4.69, 9.17) is 4.52 Å². The molecule has 4 nitrogen and oxygen atoms in total. The Morgan fingerprint density at radius 3 is 2.91 bits per heavy atom. The number of aryl methyl sites for hydroxylation is 2. The molecule has 1 atom stereocenters. The van der Waals surface area contributed by atoms with Crippen LogP contribution in [-0.4, -0.2) is 11.1 Å². The fraction of sp³-hybridized carbons (Fsp3) is 0.444. The number of carbonyl (C=O) groups is 1. The van der Waals surface area contributed by atoms with E-state index in [0.717, 1.165) is 19.3 Å². The standard InChI is InChI=1S/C18H22N2O2/c1-11(2)17-16(12(3)20-22-17)18(21)19-15-10-6-8-13-7-4-5-9-14(13)15/h4-5,7,9,11,15H,6,8,10H2,1-3H3,(H,19,21)/t15-/m0/s1. The van der Waals surface area contributed by atoms with Gasteiger partial charge in [-0.05, 0) is 37.3 Å². The van der Waals surface area contributed by atoms with Crippen molar-refractivity contribution in [3.8, 4) is 0 Å². The summed E-state index contributed by atoms with van der Waals surface area (Å²) < 4.78 is 5.33. The van der Waals surface area contributed by atoms with Gasteiger partial charge in [0.15, 0.2) is 5.76 Å². The van der Waals surface area contributed by atoms with Crippen LogP contribution >= 0.6 is 0 Å². The van der Waals surface area contributed by atoms with Crippen molar-refractivity contribution in [3.63, 3.8) is 0 Å². The van der Waals surface area contributed by atoms with Crippen LogP contribution in [0.1, 0.15) is 71.6 Å². The van der Waals surface area contributed by atoms with Gasteiger partial charge in [-0.15, -0.1) is 0 Å². The predicted octanol–water partition coefficient (Wildman–Crippen LogP) is 3.91. The normalized spacial score (nSPS) is 17.4. The summed E-state index contributed by atoms with van der Waals surface area (Å²) >= 11 is 0. The van der Waals surface area contributed by atoms with Crippen LogP contribution in [0.2, 0.25) is 0 Å². The molecule has 0 unspecified atom stereocenters. The quantitative estimate of drug-likeness (QED) is 0.934. The summed E-state index contributed by atoms with van der Waals surface area (Å²) in [6, 6.07) is 8.44. The molecule has 4 heteroatoms. The summed E-state index contributed by atoms with van der Waals surface area (Å²) in [4.78, 5) is 12.7. The molecule has 0 fully saturated rings. The highest BCUT2D eigenvalue weighted by molar-refractivity contribution is 5.96. The molecule has 1 aromatic heterocycles. The molecule has 0 bridgehead atoms.